The predicted octanol–water partition coefficient (Wildman–Crippen LogP) is 2.54. The number of ether oxygens (including phenoxy) is 1. The van der Waals surface area contributed by atoms with Gasteiger partial charge in [0.25, 0.3) is 0 Å². The van der Waals surface area contributed by atoms with Crippen LogP contribution in [0.3, 0.4) is 0 Å². The number of carbonyl (C=O) groups is 1. The summed E-state index contributed by atoms with van der Waals surface area (Å²) in [5.74, 6) is 0.430. The summed E-state index contributed by atoms with van der Waals surface area (Å²) in [6.07, 6.45) is 2.08. The van der Waals surface area contributed by atoms with Crippen LogP contribution in [0.1, 0.15) is 42.3 Å². The number of fused-ring (bicyclic) bond motifs is 1. The van der Waals surface area contributed by atoms with Crippen molar-refractivity contribution in [1.82, 2.24) is 19.9 Å². The largest absolute Gasteiger partial charge is 0.489 e. The van der Waals surface area contributed by atoms with Crippen molar-refractivity contribution in [3.63, 3.8) is 0 Å². The topological polar surface area (TPSA) is 122 Å². The Morgan fingerprint density at radius 2 is 2.12 bits per heavy atom. The van der Waals surface area contributed by atoms with Gasteiger partial charge in [0.15, 0.2) is 17.8 Å². The summed E-state index contributed by atoms with van der Waals surface area (Å²) in [5, 5.41) is 16.7. The van der Waals surface area contributed by atoms with Gasteiger partial charge in [-0.25, -0.2) is 13.9 Å². The number of carbonyl (C=O) groups excluding carboxylic acids is 1. The normalized spacial score (nSPS) is 12.0. The molecule has 1 unspecified atom stereocenters. The van der Waals surface area contributed by atoms with Crippen molar-refractivity contribution in [3.05, 3.63) is 46.9 Å². The fraction of sp³-hybridized carbons (Fsp3) is 0.364. The molecule has 0 fully saturated rings. The molecular formula is C22H26FN7O2. The number of rotatable bonds is 9. The van der Waals surface area contributed by atoms with Crippen LogP contribution < -0.4 is 20.7 Å². The lowest BCUT2D eigenvalue weighted by Gasteiger charge is -2.29. The molecule has 168 valence electrons. The molecule has 0 amide bonds. The van der Waals surface area contributed by atoms with Crippen molar-refractivity contribution in [3.8, 4) is 11.8 Å². The molecule has 3 rings (SSSR count). The van der Waals surface area contributed by atoms with E-state index in [1.807, 2.05) is 38.8 Å². The SMILES string of the molecule is CNCC(C)Oc1ccc(F)c(C#N)c1CN(c1ccn2nc(N)c(C=O)c2n1)C(C)C. The Balaban J connectivity index is 2.08. The second-order valence-electron chi connectivity index (χ2n) is 7.69. The van der Waals surface area contributed by atoms with Gasteiger partial charge in [-0.15, -0.1) is 5.10 Å². The quantitative estimate of drug-likeness (QED) is 0.488. The van der Waals surface area contributed by atoms with Crippen LogP contribution in [0.4, 0.5) is 16.0 Å². The average Bonchev–Trinajstić information content (AvgIpc) is 3.07. The number of nitriles is 1. The van der Waals surface area contributed by atoms with Gasteiger partial charge in [0.1, 0.15) is 35.1 Å². The minimum absolute atomic E-state index is 0.0673. The van der Waals surface area contributed by atoms with Crippen molar-refractivity contribution >= 4 is 23.6 Å². The van der Waals surface area contributed by atoms with E-state index >= 15 is 0 Å². The van der Waals surface area contributed by atoms with Gasteiger partial charge in [-0.2, -0.15) is 5.26 Å². The van der Waals surface area contributed by atoms with Crippen molar-refractivity contribution in [2.24, 2.45) is 0 Å². The molecule has 0 saturated carbocycles. The van der Waals surface area contributed by atoms with Gasteiger partial charge < -0.3 is 20.7 Å². The molecule has 2 aromatic heterocycles. The number of likely N-dealkylation sites (N-methyl/N-ethyl adjacent to an activating group) is 1. The second-order valence-corrected chi connectivity index (χ2v) is 7.69. The molecule has 32 heavy (non-hydrogen) atoms. The van der Waals surface area contributed by atoms with E-state index in [2.05, 4.69) is 15.4 Å². The first-order valence-corrected chi connectivity index (χ1v) is 10.2. The number of anilines is 2. The summed E-state index contributed by atoms with van der Waals surface area (Å²) in [5.41, 5.74) is 6.67. The third kappa shape index (κ3) is 4.48. The summed E-state index contributed by atoms with van der Waals surface area (Å²) in [4.78, 5) is 17.9. The minimum Gasteiger partial charge on any atom is -0.489 e. The van der Waals surface area contributed by atoms with E-state index in [1.165, 1.54) is 16.6 Å². The lowest BCUT2D eigenvalue weighted by molar-refractivity contribution is 0.112. The van der Waals surface area contributed by atoms with Crippen LogP contribution in [0.25, 0.3) is 5.65 Å². The Kier molecular flexibility index (Phi) is 6.90. The Morgan fingerprint density at radius 3 is 2.75 bits per heavy atom. The molecule has 0 aliphatic heterocycles. The molecule has 9 nitrogen and oxygen atoms in total. The smallest absolute Gasteiger partial charge is 0.170 e. The number of nitrogens with one attached hydrogen (secondary N) is 1. The van der Waals surface area contributed by atoms with Crippen molar-refractivity contribution in [2.75, 3.05) is 24.2 Å². The minimum atomic E-state index is -0.616. The third-order valence-corrected chi connectivity index (χ3v) is 5.05. The Labute approximate surface area is 185 Å². The van der Waals surface area contributed by atoms with Gasteiger partial charge in [0.05, 0.1) is 5.56 Å². The molecule has 0 aliphatic carbocycles. The molecule has 3 N–H and O–H groups in total. The van der Waals surface area contributed by atoms with Crippen LogP contribution >= 0.6 is 0 Å². The van der Waals surface area contributed by atoms with Gasteiger partial charge in [-0.3, -0.25) is 4.79 Å². The number of aldehydes is 1. The number of benzene rings is 1. The Morgan fingerprint density at radius 1 is 1.38 bits per heavy atom. The first-order valence-electron chi connectivity index (χ1n) is 10.2. The van der Waals surface area contributed by atoms with E-state index in [9.17, 15) is 14.4 Å². The molecule has 10 heteroatoms. The van der Waals surface area contributed by atoms with Gasteiger partial charge in [0.2, 0.25) is 0 Å². The van der Waals surface area contributed by atoms with E-state index in [-0.39, 0.29) is 35.6 Å². The molecule has 2 heterocycles. The maximum absolute atomic E-state index is 14.5. The summed E-state index contributed by atoms with van der Waals surface area (Å²) < 4.78 is 21.9. The van der Waals surface area contributed by atoms with Gasteiger partial charge in [-0.05, 0) is 46.0 Å². The highest BCUT2D eigenvalue weighted by Gasteiger charge is 2.23. The number of nitrogens with zero attached hydrogens (tertiary/aromatic N) is 5. The van der Waals surface area contributed by atoms with Crippen molar-refractivity contribution in [1.29, 1.82) is 5.26 Å². The average molecular weight is 439 g/mol. The number of nitrogens with two attached hydrogens (primary N) is 1. The molecule has 3 aromatic rings. The number of nitrogen functional groups attached to an aromatic ring is 1. The fourth-order valence-corrected chi connectivity index (χ4v) is 3.46. The Bertz CT molecular complexity index is 1170. The first kappa shape index (κ1) is 23.0. The standard InChI is InChI=1S/C22H26FN7O2/c1-13(2)29(20-7-8-30-22(27-20)17(12-31)21(25)28-30)11-16-15(9-24)18(23)5-6-19(16)32-14(3)10-26-4/h5-8,12-14,26H,10-11H2,1-4H3,(H2,25,28). The van der Waals surface area contributed by atoms with Crippen LogP contribution in [-0.4, -0.2) is 46.6 Å². The number of halogens is 1. The fourth-order valence-electron chi connectivity index (χ4n) is 3.46. The number of aromatic nitrogens is 3. The maximum atomic E-state index is 14.5. The zero-order valence-electron chi connectivity index (χ0n) is 18.5. The Hall–Kier alpha value is -3.71. The second kappa shape index (κ2) is 9.62. The van der Waals surface area contributed by atoms with Crippen molar-refractivity contribution in [2.45, 2.75) is 39.5 Å². The summed E-state index contributed by atoms with van der Waals surface area (Å²) in [6, 6.07) is 6.39. The van der Waals surface area contributed by atoms with Crippen LogP contribution in [-0.2, 0) is 6.54 Å². The zero-order valence-corrected chi connectivity index (χ0v) is 18.5. The highest BCUT2D eigenvalue weighted by molar-refractivity contribution is 5.90. The van der Waals surface area contributed by atoms with Gasteiger partial charge in [-0.1, -0.05) is 0 Å². The van der Waals surface area contributed by atoms with E-state index in [1.54, 1.807) is 12.3 Å². The van der Waals surface area contributed by atoms with Crippen LogP contribution in [0.2, 0.25) is 0 Å². The highest BCUT2D eigenvalue weighted by atomic mass is 19.1. The van der Waals surface area contributed by atoms with Crippen LogP contribution in [0.15, 0.2) is 24.4 Å². The summed E-state index contributed by atoms with van der Waals surface area (Å²) in [7, 11) is 1.81. The molecule has 0 spiro atoms. The summed E-state index contributed by atoms with van der Waals surface area (Å²) in [6.45, 7) is 6.54. The maximum Gasteiger partial charge on any atom is 0.170 e. The summed E-state index contributed by atoms with van der Waals surface area (Å²) >= 11 is 0. The molecular weight excluding hydrogens is 413 g/mol. The van der Waals surface area contributed by atoms with E-state index < -0.39 is 5.82 Å². The third-order valence-electron chi connectivity index (χ3n) is 5.05. The van der Waals surface area contributed by atoms with Gasteiger partial charge >= 0.3 is 0 Å². The molecule has 1 atom stereocenters. The molecule has 0 aliphatic rings. The van der Waals surface area contributed by atoms with Crippen LogP contribution in [0.5, 0.6) is 5.75 Å². The monoisotopic (exact) mass is 439 g/mol. The van der Waals surface area contributed by atoms with Crippen LogP contribution in [0, 0.1) is 17.1 Å². The van der Waals surface area contributed by atoms with Crippen molar-refractivity contribution < 1.29 is 13.9 Å². The lowest BCUT2D eigenvalue weighted by Crippen LogP contribution is -2.32. The van der Waals surface area contributed by atoms with E-state index in [4.69, 9.17) is 10.5 Å². The number of hydrogen-bond donors (Lipinski definition) is 2. The van der Waals surface area contributed by atoms with Gasteiger partial charge in [0, 0.05) is 30.9 Å². The zero-order chi connectivity index (χ0) is 23.4. The molecule has 0 radical (unpaired) electrons. The van der Waals surface area contributed by atoms with E-state index in [0.29, 0.717) is 35.6 Å². The van der Waals surface area contributed by atoms with E-state index in [0.717, 1.165) is 0 Å². The number of hydrogen-bond acceptors (Lipinski definition) is 8. The molecule has 0 bridgehead atoms. The highest BCUT2D eigenvalue weighted by Crippen LogP contribution is 2.30. The predicted molar refractivity (Wildman–Crippen MR) is 119 cm³/mol. The molecule has 1 aromatic carbocycles. The first-order chi connectivity index (χ1) is 15.3. The lowest BCUT2D eigenvalue weighted by atomic mass is 10.0. The molecule has 0 saturated heterocycles.